The largest absolute Gasteiger partial charge is 0.301 e. The molecule has 0 saturated carbocycles. The number of benzene rings is 1. The molecule has 18 heavy (non-hydrogen) atoms. The van der Waals surface area contributed by atoms with Crippen LogP contribution in [0.2, 0.25) is 0 Å². The molecule has 1 aliphatic heterocycles. The van der Waals surface area contributed by atoms with Crippen LogP contribution in [-0.2, 0) is 13.0 Å². The number of thiazole rings is 1. The minimum absolute atomic E-state index is 0.0395. The third-order valence-electron chi connectivity index (χ3n) is 3.15. The normalized spacial score (nSPS) is 15.4. The fourth-order valence-electron chi connectivity index (χ4n) is 2.13. The summed E-state index contributed by atoms with van der Waals surface area (Å²) >= 11 is 1.54. The molecule has 0 unspecified atom stereocenters. The van der Waals surface area contributed by atoms with E-state index in [0.29, 0.717) is 5.01 Å². The molecule has 0 N–H and O–H groups in total. The van der Waals surface area contributed by atoms with Crippen LogP contribution in [0, 0.1) is 0 Å². The maximum Gasteiger partial charge on any atom is 0.221 e. The van der Waals surface area contributed by atoms with Crippen LogP contribution in [0.5, 0.6) is 0 Å². The van der Waals surface area contributed by atoms with Crippen molar-refractivity contribution in [3.63, 3.8) is 0 Å². The summed E-state index contributed by atoms with van der Waals surface area (Å²) in [7, 11) is 2.10. The smallest absolute Gasteiger partial charge is 0.221 e. The molecule has 3 nitrogen and oxygen atoms in total. The van der Waals surface area contributed by atoms with Crippen molar-refractivity contribution in [1.82, 2.24) is 9.88 Å². The SMILES string of the molecule is CN1CCc2nc(C(=O)c3ccccc3)sc2C1. The molecule has 0 saturated heterocycles. The van der Waals surface area contributed by atoms with E-state index < -0.39 is 0 Å². The first-order valence-corrected chi connectivity index (χ1v) is 6.82. The zero-order valence-corrected chi connectivity index (χ0v) is 11.0. The fraction of sp³-hybridized carbons (Fsp3) is 0.286. The lowest BCUT2D eigenvalue weighted by atomic mass is 10.1. The molecular weight excluding hydrogens is 244 g/mol. The highest BCUT2D eigenvalue weighted by atomic mass is 32.1. The monoisotopic (exact) mass is 258 g/mol. The molecule has 0 spiro atoms. The minimum Gasteiger partial charge on any atom is -0.301 e. The molecule has 0 fully saturated rings. The molecule has 2 heterocycles. The second-order valence-electron chi connectivity index (χ2n) is 4.57. The second kappa shape index (κ2) is 4.63. The zero-order valence-electron chi connectivity index (χ0n) is 10.2. The zero-order chi connectivity index (χ0) is 12.5. The Kier molecular flexibility index (Phi) is 2.97. The number of aromatic nitrogens is 1. The average molecular weight is 258 g/mol. The fourth-order valence-corrected chi connectivity index (χ4v) is 3.28. The van der Waals surface area contributed by atoms with E-state index in [0.717, 1.165) is 30.8 Å². The van der Waals surface area contributed by atoms with Gasteiger partial charge in [0.25, 0.3) is 0 Å². The van der Waals surface area contributed by atoms with E-state index in [1.54, 1.807) is 0 Å². The lowest BCUT2D eigenvalue weighted by molar-refractivity contribution is 0.103. The highest BCUT2D eigenvalue weighted by Crippen LogP contribution is 2.25. The summed E-state index contributed by atoms with van der Waals surface area (Å²) in [5, 5.41) is 0.626. The Morgan fingerprint density at radius 2 is 2.11 bits per heavy atom. The van der Waals surface area contributed by atoms with E-state index in [4.69, 9.17) is 0 Å². The van der Waals surface area contributed by atoms with Crippen LogP contribution in [0.4, 0.5) is 0 Å². The quantitative estimate of drug-likeness (QED) is 0.775. The number of carbonyl (C=O) groups excluding carboxylic acids is 1. The second-order valence-corrected chi connectivity index (χ2v) is 5.66. The Bertz CT molecular complexity index is 577. The molecule has 0 radical (unpaired) electrons. The number of likely N-dealkylation sites (N-methyl/N-ethyl adjacent to an activating group) is 1. The predicted octanol–water partition coefficient (Wildman–Crippen LogP) is 2.36. The van der Waals surface area contributed by atoms with Gasteiger partial charge in [0.05, 0.1) is 5.69 Å². The van der Waals surface area contributed by atoms with E-state index in [1.165, 1.54) is 16.2 Å². The van der Waals surface area contributed by atoms with Crippen molar-refractivity contribution >= 4 is 17.1 Å². The molecule has 0 atom stereocenters. The Hall–Kier alpha value is -1.52. The molecule has 92 valence electrons. The molecule has 0 bridgehead atoms. The third kappa shape index (κ3) is 2.09. The molecule has 1 aromatic heterocycles. The number of carbonyl (C=O) groups is 1. The van der Waals surface area contributed by atoms with Gasteiger partial charge >= 0.3 is 0 Å². The molecule has 4 heteroatoms. The van der Waals surface area contributed by atoms with Crippen molar-refractivity contribution in [2.24, 2.45) is 0 Å². The topological polar surface area (TPSA) is 33.2 Å². The van der Waals surface area contributed by atoms with Crippen LogP contribution >= 0.6 is 11.3 Å². The van der Waals surface area contributed by atoms with E-state index in [2.05, 4.69) is 16.9 Å². The molecule has 1 aliphatic rings. The first-order valence-electron chi connectivity index (χ1n) is 6.01. The summed E-state index contributed by atoms with van der Waals surface area (Å²) in [6.07, 6.45) is 0.949. The first-order chi connectivity index (χ1) is 8.74. The summed E-state index contributed by atoms with van der Waals surface area (Å²) in [6, 6.07) is 9.37. The van der Waals surface area contributed by atoms with Crippen molar-refractivity contribution in [2.45, 2.75) is 13.0 Å². The minimum atomic E-state index is 0.0395. The maximum absolute atomic E-state index is 12.3. The van der Waals surface area contributed by atoms with Crippen LogP contribution in [0.15, 0.2) is 30.3 Å². The van der Waals surface area contributed by atoms with Gasteiger partial charge in [0.1, 0.15) is 0 Å². The van der Waals surface area contributed by atoms with Gasteiger partial charge in [0.2, 0.25) is 5.78 Å². The van der Waals surface area contributed by atoms with Crippen molar-refractivity contribution in [3.05, 3.63) is 51.5 Å². The molecule has 0 amide bonds. The van der Waals surface area contributed by atoms with Crippen molar-refractivity contribution in [2.75, 3.05) is 13.6 Å². The van der Waals surface area contributed by atoms with E-state index in [9.17, 15) is 4.79 Å². The number of fused-ring (bicyclic) bond motifs is 1. The summed E-state index contributed by atoms with van der Waals surface area (Å²) in [5.41, 5.74) is 1.83. The molecule has 3 rings (SSSR count). The summed E-state index contributed by atoms with van der Waals surface area (Å²) in [5.74, 6) is 0.0395. The summed E-state index contributed by atoms with van der Waals surface area (Å²) in [4.78, 5) is 20.3. The standard InChI is InChI=1S/C14H14N2OS/c1-16-8-7-11-12(9-16)18-14(15-11)13(17)10-5-3-2-4-6-10/h2-6H,7-9H2,1H3. The Labute approximate surface area is 110 Å². The van der Waals surface area contributed by atoms with Crippen molar-refractivity contribution in [1.29, 1.82) is 0 Å². The Morgan fingerprint density at radius 1 is 1.33 bits per heavy atom. The molecular formula is C14H14N2OS. The van der Waals surface area contributed by atoms with Gasteiger partial charge in [0.15, 0.2) is 5.01 Å². The van der Waals surface area contributed by atoms with E-state index in [-0.39, 0.29) is 5.78 Å². The van der Waals surface area contributed by atoms with Gasteiger partial charge in [-0.05, 0) is 7.05 Å². The predicted molar refractivity (Wildman–Crippen MR) is 72.0 cm³/mol. The summed E-state index contributed by atoms with van der Waals surface area (Å²) < 4.78 is 0. The number of rotatable bonds is 2. The van der Waals surface area contributed by atoms with Gasteiger partial charge in [-0.2, -0.15) is 0 Å². The first kappa shape index (κ1) is 11.6. The van der Waals surface area contributed by atoms with Gasteiger partial charge in [-0.15, -0.1) is 11.3 Å². The number of hydrogen-bond acceptors (Lipinski definition) is 4. The number of hydrogen-bond donors (Lipinski definition) is 0. The van der Waals surface area contributed by atoms with Gasteiger partial charge in [0, 0.05) is 30.0 Å². The molecule has 2 aromatic rings. The Morgan fingerprint density at radius 3 is 2.89 bits per heavy atom. The van der Waals surface area contributed by atoms with Gasteiger partial charge in [-0.3, -0.25) is 4.79 Å². The maximum atomic E-state index is 12.3. The van der Waals surface area contributed by atoms with E-state index in [1.807, 2.05) is 30.3 Å². The van der Waals surface area contributed by atoms with Gasteiger partial charge < -0.3 is 4.90 Å². The van der Waals surface area contributed by atoms with Crippen molar-refractivity contribution < 1.29 is 4.79 Å². The highest BCUT2D eigenvalue weighted by molar-refractivity contribution is 7.14. The third-order valence-corrected chi connectivity index (χ3v) is 4.23. The lowest BCUT2D eigenvalue weighted by Gasteiger charge is -2.20. The molecule has 0 aliphatic carbocycles. The number of ketones is 1. The van der Waals surface area contributed by atoms with Crippen molar-refractivity contribution in [3.8, 4) is 0 Å². The van der Waals surface area contributed by atoms with Crippen LogP contribution in [0.3, 0.4) is 0 Å². The Balaban J connectivity index is 1.92. The molecule has 1 aromatic carbocycles. The number of nitrogens with zero attached hydrogens (tertiary/aromatic N) is 2. The van der Waals surface area contributed by atoms with Crippen LogP contribution in [-0.4, -0.2) is 29.3 Å². The van der Waals surface area contributed by atoms with Gasteiger partial charge in [-0.25, -0.2) is 4.98 Å². The van der Waals surface area contributed by atoms with Crippen LogP contribution in [0.1, 0.15) is 25.9 Å². The lowest BCUT2D eigenvalue weighted by Crippen LogP contribution is -2.25. The van der Waals surface area contributed by atoms with Gasteiger partial charge in [-0.1, -0.05) is 30.3 Å². The van der Waals surface area contributed by atoms with Crippen LogP contribution in [0.25, 0.3) is 0 Å². The van der Waals surface area contributed by atoms with Crippen LogP contribution < -0.4 is 0 Å². The summed E-state index contributed by atoms with van der Waals surface area (Å²) in [6.45, 7) is 1.94. The highest BCUT2D eigenvalue weighted by Gasteiger charge is 2.21. The van der Waals surface area contributed by atoms with E-state index >= 15 is 0 Å². The average Bonchev–Trinajstić information content (AvgIpc) is 2.81.